The van der Waals surface area contributed by atoms with Crippen LogP contribution in [0.5, 0.6) is 0 Å². The zero-order chi connectivity index (χ0) is 19.2. The third-order valence-corrected chi connectivity index (χ3v) is 4.31. The van der Waals surface area contributed by atoms with E-state index >= 15 is 0 Å². The van der Waals surface area contributed by atoms with Gasteiger partial charge < -0.3 is 9.84 Å². The fourth-order valence-electron chi connectivity index (χ4n) is 2.77. The van der Waals surface area contributed by atoms with Crippen LogP contribution in [0, 0.1) is 5.92 Å². The Morgan fingerprint density at radius 1 is 1.11 bits per heavy atom. The number of halogens is 1. The van der Waals surface area contributed by atoms with Crippen molar-refractivity contribution in [1.82, 2.24) is 15.5 Å². The third-order valence-electron chi connectivity index (χ3n) is 4.05. The van der Waals surface area contributed by atoms with Crippen LogP contribution in [0.3, 0.4) is 0 Å². The number of carbonyl (C=O) groups excluding carboxylic acids is 1. The van der Waals surface area contributed by atoms with Gasteiger partial charge in [-0.05, 0) is 35.7 Å². The molecule has 0 saturated heterocycles. The van der Waals surface area contributed by atoms with Crippen LogP contribution in [0.2, 0.25) is 5.02 Å². The van der Waals surface area contributed by atoms with Gasteiger partial charge in [0, 0.05) is 23.4 Å². The van der Waals surface area contributed by atoms with Crippen LogP contribution in [-0.2, 0) is 11.2 Å². The number of carbonyl (C=O) groups is 1. The van der Waals surface area contributed by atoms with E-state index in [-0.39, 0.29) is 17.9 Å². The lowest BCUT2D eigenvalue weighted by Gasteiger charge is -2.16. The molecule has 1 N–H and O–H groups in total. The van der Waals surface area contributed by atoms with Crippen molar-refractivity contribution >= 4 is 17.5 Å². The van der Waals surface area contributed by atoms with Crippen molar-refractivity contribution in [2.45, 2.75) is 32.7 Å². The molecule has 0 bridgehead atoms. The first-order chi connectivity index (χ1) is 13.0. The molecule has 3 rings (SSSR count). The molecule has 6 heteroatoms. The molecule has 0 spiro atoms. The van der Waals surface area contributed by atoms with Gasteiger partial charge in [-0.15, -0.1) is 0 Å². The van der Waals surface area contributed by atoms with E-state index in [0.717, 1.165) is 11.1 Å². The summed E-state index contributed by atoms with van der Waals surface area (Å²) in [6.45, 7) is 4.02. The molecule has 1 amide bonds. The highest BCUT2D eigenvalue weighted by Crippen LogP contribution is 2.23. The Hall–Kier alpha value is -2.66. The Labute approximate surface area is 163 Å². The molecule has 140 valence electrons. The van der Waals surface area contributed by atoms with E-state index < -0.39 is 0 Å². The maximum absolute atomic E-state index is 12.3. The largest absolute Gasteiger partial charge is 0.344 e. The molecule has 0 unspecified atom stereocenters. The monoisotopic (exact) mass is 383 g/mol. The van der Waals surface area contributed by atoms with E-state index in [1.165, 1.54) is 0 Å². The van der Waals surface area contributed by atoms with Gasteiger partial charge >= 0.3 is 0 Å². The SMILES string of the molecule is CC(C)CC(=O)N[C@H](Cc1ccccc1)c1nc(-c2ccc(Cl)cc2)no1. The van der Waals surface area contributed by atoms with Crippen molar-refractivity contribution in [3.05, 3.63) is 71.1 Å². The first-order valence-electron chi connectivity index (χ1n) is 8.94. The van der Waals surface area contributed by atoms with E-state index in [9.17, 15) is 4.79 Å². The van der Waals surface area contributed by atoms with Crippen molar-refractivity contribution in [3.63, 3.8) is 0 Å². The molecule has 0 aliphatic carbocycles. The average molecular weight is 384 g/mol. The van der Waals surface area contributed by atoms with Gasteiger partial charge in [0.2, 0.25) is 17.6 Å². The normalized spacial score (nSPS) is 12.1. The Kier molecular flexibility index (Phi) is 6.24. The summed E-state index contributed by atoms with van der Waals surface area (Å²) >= 11 is 5.93. The summed E-state index contributed by atoms with van der Waals surface area (Å²) in [5.41, 5.74) is 1.89. The second-order valence-electron chi connectivity index (χ2n) is 6.87. The first-order valence-corrected chi connectivity index (χ1v) is 9.32. The number of amides is 1. The van der Waals surface area contributed by atoms with Crippen LogP contribution in [0.4, 0.5) is 0 Å². The van der Waals surface area contributed by atoms with Crippen LogP contribution < -0.4 is 5.32 Å². The molecule has 1 atom stereocenters. The van der Waals surface area contributed by atoms with Gasteiger partial charge in [0.25, 0.3) is 0 Å². The maximum atomic E-state index is 12.3. The minimum Gasteiger partial charge on any atom is -0.344 e. The lowest BCUT2D eigenvalue weighted by molar-refractivity contribution is -0.122. The molecule has 0 aliphatic heterocycles. The van der Waals surface area contributed by atoms with Crippen molar-refractivity contribution in [2.24, 2.45) is 5.92 Å². The number of nitrogens with one attached hydrogen (secondary N) is 1. The third kappa shape index (κ3) is 5.41. The summed E-state index contributed by atoms with van der Waals surface area (Å²) < 4.78 is 5.48. The van der Waals surface area contributed by atoms with Crippen molar-refractivity contribution in [2.75, 3.05) is 0 Å². The fraction of sp³-hybridized carbons (Fsp3) is 0.286. The van der Waals surface area contributed by atoms with E-state index in [2.05, 4.69) is 15.5 Å². The smallest absolute Gasteiger partial charge is 0.249 e. The molecular weight excluding hydrogens is 362 g/mol. The van der Waals surface area contributed by atoms with Gasteiger partial charge in [0.05, 0.1) is 0 Å². The molecule has 0 radical (unpaired) electrons. The van der Waals surface area contributed by atoms with Crippen LogP contribution in [0.15, 0.2) is 59.1 Å². The molecule has 27 heavy (non-hydrogen) atoms. The lowest BCUT2D eigenvalue weighted by atomic mass is 10.0. The molecule has 0 aliphatic rings. The zero-order valence-corrected chi connectivity index (χ0v) is 16.1. The molecule has 1 aromatic heterocycles. The second kappa shape index (κ2) is 8.82. The quantitative estimate of drug-likeness (QED) is 0.634. The second-order valence-corrected chi connectivity index (χ2v) is 7.31. The van der Waals surface area contributed by atoms with Gasteiger partial charge in [0.1, 0.15) is 6.04 Å². The van der Waals surface area contributed by atoms with Gasteiger partial charge in [-0.2, -0.15) is 4.98 Å². The summed E-state index contributed by atoms with van der Waals surface area (Å²) in [7, 11) is 0. The van der Waals surface area contributed by atoms with Gasteiger partial charge in [-0.1, -0.05) is 60.9 Å². The Bertz CT molecular complexity index is 876. The summed E-state index contributed by atoms with van der Waals surface area (Å²) in [6.07, 6.45) is 1.02. The van der Waals surface area contributed by atoms with E-state index in [1.807, 2.05) is 56.3 Å². The minimum absolute atomic E-state index is 0.0304. The molecule has 0 saturated carbocycles. The van der Waals surface area contributed by atoms with E-state index in [1.54, 1.807) is 12.1 Å². The Morgan fingerprint density at radius 3 is 2.48 bits per heavy atom. The first kappa shape index (κ1) is 19.1. The predicted molar refractivity (Wildman–Crippen MR) is 105 cm³/mol. The number of rotatable bonds is 7. The van der Waals surface area contributed by atoms with E-state index in [4.69, 9.17) is 16.1 Å². The van der Waals surface area contributed by atoms with Crippen molar-refractivity contribution < 1.29 is 9.32 Å². The summed E-state index contributed by atoms with van der Waals surface area (Å²) in [6, 6.07) is 16.8. The van der Waals surface area contributed by atoms with Crippen molar-refractivity contribution in [1.29, 1.82) is 0 Å². The summed E-state index contributed by atoms with van der Waals surface area (Å²) in [5.74, 6) is 1.10. The van der Waals surface area contributed by atoms with Gasteiger partial charge in [0.15, 0.2) is 0 Å². The minimum atomic E-state index is -0.382. The Balaban J connectivity index is 1.83. The lowest BCUT2D eigenvalue weighted by Crippen LogP contribution is -2.31. The van der Waals surface area contributed by atoms with Crippen LogP contribution in [-0.4, -0.2) is 16.0 Å². The number of nitrogens with zero attached hydrogens (tertiary/aromatic N) is 2. The Morgan fingerprint density at radius 2 is 1.81 bits per heavy atom. The fourth-order valence-corrected chi connectivity index (χ4v) is 2.89. The number of benzene rings is 2. The van der Waals surface area contributed by atoms with Gasteiger partial charge in [-0.25, -0.2) is 0 Å². The number of hydrogen-bond acceptors (Lipinski definition) is 4. The zero-order valence-electron chi connectivity index (χ0n) is 15.4. The molecule has 1 heterocycles. The molecular formula is C21H22ClN3O2. The number of aromatic nitrogens is 2. The highest BCUT2D eigenvalue weighted by atomic mass is 35.5. The molecule has 5 nitrogen and oxygen atoms in total. The number of hydrogen-bond donors (Lipinski definition) is 1. The highest BCUT2D eigenvalue weighted by Gasteiger charge is 2.22. The molecule has 0 fully saturated rings. The van der Waals surface area contributed by atoms with Gasteiger partial charge in [-0.3, -0.25) is 4.79 Å². The van der Waals surface area contributed by atoms with Crippen LogP contribution in [0.25, 0.3) is 11.4 Å². The topological polar surface area (TPSA) is 68.0 Å². The highest BCUT2D eigenvalue weighted by molar-refractivity contribution is 6.30. The van der Waals surface area contributed by atoms with Crippen molar-refractivity contribution in [3.8, 4) is 11.4 Å². The van der Waals surface area contributed by atoms with Crippen LogP contribution >= 0.6 is 11.6 Å². The molecule has 2 aromatic carbocycles. The average Bonchev–Trinajstić information content (AvgIpc) is 3.12. The van der Waals surface area contributed by atoms with E-state index in [0.29, 0.717) is 29.6 Å². The molecule has 3 aromatic rings. The standard InChI is InChI=1S/C21H22ClN3O2/c1-14(2)12-19(26)23-18(13-15-6-4-3-5-7-15)21-24-20(25-27-21)16-8-10-17(22)11-9-16/h3-11,14,18H,12-13H2,1-2H3,(H,23,26)/t18-/m1/s1. The predicted octanol–water partition coefficient (Wildman–Crippen LogP) is 4.84. The maximum Gasteiger partial charge on any atom is 0.249 e. The summed E-state index contributed by atoms with van der Waals surface area (Å²) in [4.78, 5) is 16.8. The summed E-state index contributed by atoms with van der Waals surface area (Å²) in [5, 5.41) is 7.74. The van der Waals surface area contributed by atoms with Crippen LogP contribution in [0.1, 0.15) is 37.8 Å².